The van der Waals surface area contributed by atoms with Gasteiger partial charge in [-0.3, -0.25) is 24.7 Å². The maximum absolute atomic E-state index is 13.0. The highest BCUT2D eigenvalue weighted by Gasteiger charge is 2.46. The van der Waals surface area contributed by atoms with E-state index in [1.807, 2.05) is 0 Å². The summed E-state index contributed by atoms with van der Waals surface area (Å²) in [7, 11) is -4.88. The number of β-lactam (4-membered cyclic amide) rings is 1. The number of nitrogens with two attached hydrogens (primary N) is 1. The number of oxime groups is 1. The number of hydrogen-bond acceptors (Lipinski definition) is 16. The van der Waals surface area contributed by atoms with E-state index in [0.717, 1.165) is 11.3 Å². The highest BCUT2D eigenvalue weighted by molar-refractivity contribution is 7.88. The number of benzene rings is 1. The molecule has 0 radical (unpaired) electrons. The van der Waals surface area contributed by atoms with Crippen molar-refractivity contribution in [2.24, 2.45) is 5.16 Å². The van der Waals surface area contributed by atoms with E-state index < -0.39 is 82.2 Å². The molecular formula is C26H28N10O12S2. The second-order valence-corrected chi connectivity index (χ2v) is 13.7. The molecule has 1 atom stereocenters. The van der Waals surface area contributed by atoms with E-state index in [1.165, 1.54) is 37.6 Å². The molecular weight excluding hydrogens is 708 g/mol. The number of carboxylic acid groups (broad SMARTS) is 1. The van der Waals surface area contributed by atoms with Gasteiger partial charge in [0, 0.05) is 35.3 Å². The molecule has 7 amide bonds. The number of aliphatic carboxylic acids is 1. The largest absolute Gasteiger partial charge is 0.504 e. The van der Waals surface area contributed by atoms with Gasteiger partial charge in [-0.05, 0) is 25.5 Å². The first-order chi connectivity index (χ1) is 23.4. The predicted octanol–water partition coefficient (Wildman–Crippen LogP) is -1.68. The fourth-order valence-electron chi connectivity index (χ4n) is 4.47. The quantitative estimate of drug-likeness (QED) is 0.0444. The Labute approximate surface area is 285 Å². The molecule has 2 saturated heterocycles. The molecule has 0 aliphatic carbocycles. The number of thiazole rings is 1. The summed E-state index contributed by atoms with van der Waals surface area (Å²) in [5, 5.41) is 39.4. The lowest BCUT2D eigenvalue weighted by Crippen LogP contribution is -2.68. The zero-order valence-electron chi connectivity index (χ0n) is 25.9. The maximum Gasteiger partial charge on any atom is 0.353 e. The number of carboxylic acids is 1. The Kier molecular flexibility index (Phi) is 9.16. The van der Waals surface area contributed by atoms with Gasteiger partial charge in [-0.2, -0.15) is 8.42 Å². The normalized spacial score (nSPS) is 17.6. The van der Waals surface area contributed by atoms with Crippen LogP contribution in [0.2, 0.25) is 0 Å². The SMILES string of the molecule is CC(C)(O/N=C(/C(=O)NC1CN(C(=O)NS(=O)(=O)N2CCN(NC(=O)C3=CNc4cc(O)c(O)cc4C3)C2=O)C1=O)c1csc(N)n1)C(=O)O. The Morgan fingerprint density at radius 1 is 1.16 bits per heavy atom. The minimum absolute atomic E-state index is 0.00227. The van der Waals surface area contributed by atoms with Crippen LogP contribution in [-0.2, 0) is 40.6 Å². The molecule has 3 aliphatic rings. The summed E-state index contributed by atoms with van der Waals surface area (Å²) in [5.74, 6) is -5.04. The van der Waals surface area contributed by atoms with Crippen LogP contribution in [0, 0.1) is 0 Å². The molecule has 9 N–H and O–H groups in total. The molecule has 24 heteroatoms. The molecule has 0 saturated carbocycles. The lowest BCUT2D eigenvalue weighted by Gasteiger charge is -2.36. The topological polar surface area (TPSA) is 316 Å². The molecule has 0 bridgehead atoms. The lowest BCUT2D eigenvalue weighted by molar-refractivity contribution is -0.161. The summed E-state index contributed by atoms with van der Waals surface area (Å²) >= 11 is 0.935. The Hall–Kier alpha value is -6.17. The number of carbonyl (C=O) groups is 6. The average Bonchev–Trinajstić information content (AvgIpc) is 3.63. The van der Waals surface area contributed by atoms with Crippen LogP contribution in [0.25, 0.3) is 0 Å². The second-order valence-electron chi connectivity index (χ2n) is 11.2. The van der Waals surface area contributed by atoms with E-state index in [9.17, 15) is 52.5 Å². The van der Waals surface area contributed by atoms with Gasteiger partial charge in [0.15, 0.2) is 22.3 Å². The number of phenols is 2. The van der Waals surface area contributed by atoms with Crippen molar-refractivity contribution in [3.8, 4) is 11.5 Å². The van der Waals surface area contributed by atoms with Crippen molar-refractivity contribution in [1.82, 2.24) is 34.7 Å². The zero-order chi connectivity index (χ0) is 36.7. The molecule has 0 spiro atoms. The van der Waals surface area contributed by atoms with E-state index >= 15 is 0 Å². The van der Waals surface area contributed by atoms with Crippen molar-refractivity contribution < 1.29 is 57.3 Å². The van der Waals surface area contributed by atoms with E-state index in [1.54, 1.807) is 4.72 Å². The molecule has 2 aromatic rings. The van der Waals surface area contributed by atoms with Crippen LogP contribution in [0.4, 0.5) is 20.4 Å². The van der Waals surface area contributed by atoms with Crippen LogP contribution < -0.4 is 26.5 Å². The highest BCUT2D eigenvalue weighted by atomic mass is 32.2. The third-order valence-corrected chi connectivity index (χ3v) is 9.35. The van der Waals surface area contributed by atoms with Gasteiger partial charge in [0.1, 0.15) is 11.7 Å². The van der Waals surface area contributed by atoms with Crippen molar-refractivity contribution in [2.45, 2.75) is 31.9 Å². The predicted molar refractivity (Wildman–Crippen MR) is 169 cm³/mol. The van der Waals surface area contributed by atoms with Crippen molar-refractivity contribution in [2.75, 3.05) is 30.7 Å². The number of rotatable bonds is 10. The van der Waals surface area contributed by atoms with Crippen LogP contribution in [0.1, 0.15) is 25.1 Å². The second kappa shape index (κ2) is 13.0. The summed E-state index contributed by atoms with van der Waals surface area (Å²) < 4.78 is 27.7. The Morgan fingerprint density at radius 3 is 2.50 bits per heavy atom. The first kappa shape index (κ1) is 35.1. The standard InChI is InChI=1S/C26H28N10O12S2/c1-26(2,22(42)43)48-32-18(15-10-49-23(27)30-15)20(40)29-14-9-34(21(14)41)24(44)33-50(46,47)36-4-3-35(25(36)45)31-19(39)12-5-11-6-16(37)17(38)7-13(11)28-8-12/h6-8,10,14,28,37-38H,3-5,9H2,1-2H3,(H2,27,30)(H,29,40)(H,31,39)(H,33,44)(H,42,43)/b32-18+. The summed E-state index contributed by atoms with van der Waals surface area (Å²) in [6.45, 7) is 1.05. The number of anilines is 2. The lowest BCUT2D eigenvalue weighted by atomic mass is 10.00. The molecule has 2 fully saturated rings. The van der Waals surface area contributed by atoms with Gasteiger partial charge in [0.2, 0.25) is 5.60 Å². The number of carbonyl (C=O) groups excluding carboxylic acids is 5. The molecule has 22 nitrogen and oxygen atoms in total. The van der Waals surface area contributed by atoms with E-state index in [-0.39, 0.29) is 39.4 Å². The highest BCUT2D eigenvalue weighted by Crippen LogP contribution is 2.34. The van der Waals surface area contributed by atoms with Gasteiger partial charge in [-0.1, -0.05) is 5.16 Å². The molecule has 1 aromatic heterocycles. The number of likely N-dealkylation sites (tertiary alicyclic amines) is 1. The van der Waals surface area contributed by atoms with Gasteiger partial charge < -0.3 is 36.5 Å². The maximum atomic E-state index is 13.0. The molecule has 3 aliphatic heterocycles. The average molecular weight is 737 g/mol. The Balaban J connectivity index is 1.15. The van der Waals surface area contributed by atoms with Gasteiger partial charge in [-0.15, -0.1) is 11.3 Å². The number of aromatic nitrogens is 1. The minimum Gasteiger partial charge on any atom is -0.504 e. The third-order valence-electron chi connectivity index (χ3n) is 7.33. The molecule has 1 unspecified atom stereocenters. The number of urea groups is 2. The van der Waals surface area contributed by atoms with Crippen LogP contribution in [0.5, 0.6) is 11.5 Å². The van der Waals surface area contributed by atoms with E-state index in [0.29, 0.717) is 21.2 Å². The molecule has 266 valence electrons. The van der Waals surface area contributed by atoms with Gasteiger partial charge in [0.05, 0.1) is 19.6 Å². The first-order valence-corrected chi connectivity index (χ1v) is 16.5. The van der Waals surface area contributed by atoms with Crippen molar-refractivity contribution >= 4 is 73.8 Å². The minimum atomic E-state index is -4.88. The fourth-order valence-corrected chi connectivity index (χ4v) is 6.08. The number of nitrogens with one attached hydrogen (secondary N) is 4. The Morgan fingerprint density at radius 2 is 1.86 bits per heavy atom. The summed E-state index contributed by atoms with van der Waals surface area (Å²) in [6, 6.07) is -1.48. The van der Waals surface area contributed by atoms with Crippen molar-refractivity contribution in [1.29, 1.82) is 0 Å². The molecule has 5 rings (SSSR count). The number of nitrogen functional groups attached to an aromatic ring is 1. The summed E-state index contributed by atoms with van der Waals surface area (Å²) in [5.41, 5.74) is 6.40. The van der Waals surface area contributed by atoms with Crippen LogP contribution in [0.15, 0.2) is 34.4 Å². The van der Waals surface area contributed by atoms with Gasteiger partial charge in [0.25, 0.3) is 17.7 Å². The number of imide groups is 1. The number of hydrogen-bond donors (Lipinski definition) is 8. The smallest absolute Gasteiger partial charge is 0.353 e. The number of fused-ring (bicyclic) bond motifs is 1. The van der Waals surface area contributed by atoms with Crippen molar-refractivity contribution in [3.05, 3.63) is 40.5 Å². The zero-order valence-corrected chi connectivity index (χ0v) is 27.5. The number of phenolic OH excluding ortho intramolecular Hbond substituents is 2. The van der Waals surface area contributed by atoms with E-state index in [4.69, 9.17) is 10.6 Å². The monoisotopic (exact) mass is 736 g/mol. The van der Waals surface area contributed by atoms with Crippen LogP contribution in [0.3, 0.4) is 0 Å². The third kappa shape index (κ3) is 7.00. The molecule has 1 aromatic carbocycles. The van der Waals surface area contributed by atoms with Crippen LogP contribution >= 0.6 is 11.3 Å². The molecule has 50 heavy (non-hydrogen) atoms. The number of hydrazine groups is 1. The number of amides is 7. The van der Waals surface area contributed by atoms with Crippen molar-refractivity contribution in [3.63, 3.8) is 0 Å². The van der Waals surface area contributed by atoms with Gasteiger partial charge >= 0.3 is 28.2 Å². The molecule has 4 heterocycles. The number of nitrogens with zero attached hydrogens (tertiary/aromatic N) is 5. The summed E-state index contributed by atoms with van der Waals surface area (Å²) in [4.78, 5) is 84.8. The van der Waals surface area contributed by atoms with Gasteiger partial charge in [-0.25, -0.2) is 33.4 Å². The van der Waals surface area contributed by atoms with E-state index in [2.05, 4.69) is 26.2 Å². The first-order valence-electron chi connectivity index (χ1n) is 14.2. The van der Waals surface area contributed by atoms with Crippen LogP contribution in [-0.4, -0.2) is 116 Å². The fraction of sp³-hybridized carbons (Fsp3) is 0.308. The Bertz CT molecular complexity index is 1990. The summed E-state index contributed by atoms with van der Waals surface area (Å²) in [6.07, 6.45) is 1.30. The number of aromatic hydroxyl groups is 2.